The predicted octanol–water partition coefficient (Wildman–Crippen LogP) is 3.04. The topological polar surface area (TPSA) is 71.3 Å². The molecule has 2 amide bonds. The smallest absolute Gasteiger partial charge is 0.252 e. The second-order valence-electron chi connectivity index (χ2n) is 5.11. The second-order valence-corrected chi connectivity index (χ2v) is 5.89. The van der Waals surface area contributed by atoms with E-state index >= 15 is 0 Å². The van der Waals surface area contributed by atoms with Gasteiger partial charge in [0.05, 0.1) is 6.04 Å². The van der Waals surface area contributed by atoms with Crippen LogP contribution in [-0.4, -0.2) is 18.4 Å². The zero-order chi connectivity index (χ0) is 15.9. The second kappa shape index (κ2) is 7.79. The van der Waals surface area contributed by atoms with E-state index in [1.807, 2.05) is 31.4 Å². The third kappa shape index (κ3) is 4.73. The highest BCUT2D eigenvalue weighted by Gasteiger charge is 2.12. The zero-order valence-corrected chi connectivity index (χ0v) is 13.5. The Morgan fingerprint density at radius 1 is 1.32 bits per heavy atom. The zero-order valence-electron chi connectivity index (χ0n) is 12.7. The molecule has 2 heterocycles. The van der Waals surface area contributed by atoms with Gasteiger partial charge in [-0.2, -0.15) is 11.3 Å². The lowest BCUT2D eigenvalue weighted by molar-refractivity contribution is -0.121. The number of thiophene rings is 1. The maximum absolute atomic E-state index is 11.8. The van der Waals surface area contributed by atoms with Gasteiger partial charge in [-0.05, 0) is 43.8 Å². The molecule has 0 fully saturated rings. The molecule has 0 aliphatic heterocycles. The normalized spacial score (nSPS) is 11.9. The maximum atomic E-state index is 11.8. The monoisotopic (exact) mass is 320 g/mol. The van der Waals surface area contributed by atoms with Gasteiger partial charge in [0.25, 0.3) is 5.91 Å². The van der Waals surface area contributed by atoms with Crippen LogP contribution in [0, 0.1) is 6.92 Å². The van der Waals surface area contributed by atoms with Gasteiger partial charge in [-0.3, -0.25) is 9.59 Å². The number of carbonyl (C=O) groups excluding carboxylic acids is 2. The highest BCUT2D eigenvalue weighted by atomic mass is 32.1. The van der Waals surface area contributed by atoms with Crippen molar-refractivity contribution in [2.75, 3.05) is 6.54 Å². The van der Waals surface area contributed by atoms with Crippen LogP contribution in [-0.2, 0) is 4.79 Å². The molecule has 0 spiro atoms. The predicted molar refractivity (Wildman–Crippen MR) is 85.9 cm³/mol. The van der Waals surface area contributed by atoms with Crippen LogP contribution in [0.2, 0.25) is 0 Å². The van der Waals surface area contributed by atoms with Gasteiger partial charge in [-0.25, -0.2) is 0 Å². The fourth-order valence-electron chi connectivity index (χ4n) is 2.02. The Balaban J connectivity index is 1.64. The van der Waals surface area contributed by atoms with Gasteiger partial charge in [0.2, 0.25) is 5.91 Å². The summed E-state index contributed by atoms with van der Waals surface area (Å²) in [5, 5.41) is 9.34. The molecule has 0 aromatic carbocycles. The molecule has 0 aliphatic carbocycles. The van der Waals surface area contributed by atoms with Gasteiger partial charge in [0, 0.05) is 23.9 Å². The van der Waals surface area contributed by atoms with E-state index in [1.54, 1.807) is 11.4 Å². The summed E-state index contributed by atoms with van der Waals surface area (Å²) in [6.07, 6.45) is 0.972. The molecule has 0 saturated heterocycles. The average Bonchev–Trinajstić information content (AvgIpc) is 3.14. The molecule has 1 atom stereocenters. The van der Waals surface area contributed by atoms with Crippen molar-refractivity contribution < 1.29 is 14.0 Å². The average molecular weight is 320 g/mol. The van der Waals surface area contributed by atoms with Crippen LogP contribution in [0.1, 0.15) is 47.7 Å². The Hall–Kier alpha value is -2.08. The van der Waals surface area contributed by atoms with Gasteiger partial charge in [-0.15, -0.1) is 0 Å². The minimum absolute atomic E-state index is 0.0497. The first-order valence-corrected chi connectivity index (χ1v) is 8.16. The SMILES string of the molecule is Cc1ccc(C(C)NC(=O)CCCNC(=O)c2ccsc2)o1. The van der Waals surface area contributed by atoms with Crippen molar-refractivity contribution in [3.05, 3.63) is 46.0 Å². The Kier molecular flexibility index (Phi) is 5.77. The molecule has 5 nitrogen and oxygen atoms in total. The molecule has 22 heavy (non-hydrogen) atoms. The largest absolute Gasteiger partial charge is 0.464 e. The summed E-state index contributed by atoms with van der Waals surface area (Å²) in [5.74, 6) is 1.43. The van der Waals surface area contributed by atoms with Crippen molar-refractivity contribution in [2.45, 2.75) is 32.7 Å². The lowest BCUT2D eigenvalue weighted by Gasteiger charge is -2.11. The summed E-state index contributed by atoms with van der Waals surface area (Å²) in [5.41, 5.74) is 0.663. The van der Waals surface area contributed by atoms with Gasteiger partial charge >= 0.3 is 0 Å². The molecule has 0 aliphatic rings. The number of furan rings is 1. The number of aryl methyl sites for hydroxylation is 1. The molecule has 2 aromatic rings. The number of amides is 2. The van der Waals surface area contributed by atoms with Crippen LogP contribution >= 0.6 is 11.3 Å². The first kappa shape index (κ1) is 16.3. The highest BCUT2D eigenvalue weighted by Crippen LogP contribution is 2.15. The Bertz CT molecular complexity index is 619. The van der Waals surface area contributed by atoms with E-state index in [-0.39, 0.29) is 17.9 Å². The van der Waals surface area contributed by atoms with Gasteiger partial charge in [0.15, 0.2) is 0 Å². The number of hydrogen-bond donors (Lipinski definition) is 2. The van der Waals surface area contributed by atoms with Crippen molar-refractivity contribution >= 4 is 23.2 Å². The molecular formula is C16H20N2O3S. The fourth-order valence-corrected chi connectivity index (χ4v) is 2.65. The Morgan fingerprint density at radius 2 is 2.14 bits per heavy atom. The standard InChI is InChI=1S/C16H20N2O3S/c1-11-5-6-14(21-11)12(2)18-15(19)4-3-8-17-16(20)13-7-9-22-10-13/h5-7,9-10,12H,3-4,8H2,1-2H3,(H,17,20)(H,18,19). The van der Waals surface area contributed by atoms with Crippen molar-refractivity contribution in [1.82, 2.24) is 10.6 Å². The van der Waals surface area contributed by atoms with E-state index in [1.165, 1.54) is 11.3 Å². The maximum Gasteiger partial charge on any atom is 0.252 e. The molecule has 2 aromatic heterocycles. The van der Waals surface area contributed by atoms with Crippen molar-refractivity contribution in [2.24, 2.45) is 0 Å². The molecule has 118 valence electrons. The molecule has 0 saturated carbocycles. The number of nitrogens with one attached hydrogen (secondary N) is 2. The van der Waals surface area contributed by atoms with E-state index in [0.717, 1.165) is 11.5 Å². The lowest BCUT2D eigenvalue weighted by Crippen LogP contribution is -2.28. The lowest BCUT2D eigenvalue weighted by atomic mass is 10.2. The van der Waals surface area contributed by atoms with E-state index < -0.39 is 0 Å². The quantitative estimate of drug-likeness (QED) is 0.770. The third-order valence-corrected chi connectivity index (χ3v) is 3.90. The van der Waals surface area contributed by atoms with Crippen LogP contribution in [0.15, 0.2) is 33.4 Å². The summed E-state index contributed by atoms with van der Waals surface area (Å²) < 4.78 is 5.47. The first-order valence-electron chi connectivity index (χ1n) is 7.22. The van der Waals surface area contributed by atoms with E-state index in [2.05, 4.69) is 10.6 Å². The number of hydrogen-bond acceptors (Lipinski definition) is 4. The van der Waals surface area contributed by atoms with Crippen LogP contribution in [0.4, 0.5) is 0 Å². The molecule has 0 bridgehead atoms. The van der Waals surface area contributed by atoms with Crippen LogP contribution in [0.3, 0.4) is 0 Å². The fraction of sp³-hybridized carbons (Fsp3) is 0.375. The summed E-state index contributed by atoms with van der Waals surface area (Å²) >= 11 is 1.48. The summed E-state index contributed by atoms with van der Waals surface area (Å²) in [4.78, 5) is 23.5. The minimum atomic E-state index is -0.151. The molecule has 2 N–H and O–H groups in total. The van der Waals surface area contributed by atoms with E-state index in [9.17, 15) is 9.59 Å². The van der Waals surface area contributed by atoms with Crippen LogP contribution < -0.4 is 10.6 Å². The Morgan fingerprint density at radius 3 is 2.77 bits per heavy atom. The van der Waals surface area contributed by atoms with Crippen LogP contribution in [0.25, 0.3) is 0 Å². The molecular weight excluding hydrogens is 300 g/mol. The van der Waals surface area contributed by atoms with Gasteiger partial charge in [0.1, 0.15) is 11.5 Å². The van der Waals surface area contributed by atoms with Crippen molar-refractivity contribution in [3.63, 3.8) is 0 Å². The molecule has 2 rings (SSSR count). The number of carbonyl (C=O) groups is 2. The summed E-state index contributed by atoms with van der Waals surface area (Å²) in [6.45, 7) is 4.24. The van der Waals surface area contributed by atoms with Crippen molar-refractivity contribution in [3.8, 4) is 0 Å². The third-order valence-electron chi connectivity index (χ3n) is 3.21. The minimum Gasteiger partial charge on any atom is -0.464 e. The summed E-state index contributed by atoms with van der Waals surface area (Å²) in [7, 11) is 0. The molecule has 6 heteroatoms. The van der Waals surface area contributed by atoms with Crippen LogP contribution in [0.5, 0.6) is 0 Å². The first-order chi connectivity index (χ1) is 10.6. The highest BCUT2D eigenvalue weighted by molar-refractivity contribution is 7.08. The summed E-state index contributed by atoms with van der Waals surface area (Å²) in [6, 6.07) is 5.36. The number of rotatable bonds is 7. The van der Waals surface area contributed by atoms with Gasteiger partial charge in [-0.1, -0.05) is 0 Å². The van der Waals surface area contributed by atoms with Crippen molar-refractivity contribution in [1.29, 1.82) is 0 Å². The Labute approximate surface area is 133 Å². The van der Waals surface area contributed by atoms with E-state index in [0.29, 0.717) is 24.9 Å². The van der Waals surface area contributed by atoms with E-state index in [4.69, 9.17) is 4.42 Å². The molecule has 0 radical (unpaired) electrons. The van der Waals surface area contributed by atoms with Gasteiger partial charge < -0.3 is 15.1 Å². The molecule has 1 unspecified atom stereocenters.